The molecule has 9 heteroatoms. The van der Waals surface area contributed by atoms with Gasteiger partial charge in [0.05, 0.1) is 0 Å². The van der Waals surface area contributed by atoms with Crippen molar-refractivity contribution < 1.29 is 35.8 Å². The van der Waals surface area contributed by atoms with Gasteiger partial charge in [-0.2, -0.15) is 17.6 Å². The second-order valence-electron chi connectivity index (χ2n) is 3.48. The number of rotatable bonds is 6. The molecule has 0 spiro atoms. The topological polar surface area (TPSA) is 18.5 Å². The van der Waals surface area contributed by atoms with E-state index in [2.05, 4.69) is 9.47 Å². The van der Waals surface area contributed by atoms with Crippen LogP contribution in [0.25, 0.3) is 0 Å². The maximum Gasteiger partial charge on any atom is 0.427 e. The summed E-state index contributed by atoms with van der Waals surface area (Å²) in [5.74, 6) is -1.17. The first kappa shape index (κ1) is 15.9. The molecule has 19 heavy (non-hydrogen) atoms. The summed E-state index contributed by atoms with van der Waals surface area (Å²) in [5.41, 5.74) is 0. The molecule has 1 rings (SSSR count). The predicted octanol–water partition coefficient (Wildman–Crippen LogP) is 3.07. The number of halogens is 6. The predicted molar refractivity (Wildman–Crippen MR) is 58.9 cm³/mol. The summed E-state index contributed by atoms with van der Waals surface area (Å²) in [5, 5.41) is 0.164. The van der Waals surface area contributed by atoms with Crippen LogP contribution in [0.2, 0.25) is 0 Å². The van der Waals surface area contributed by atoms with Crippen molar-refractivity contribution in [3.8, 4) is 11.5 Å². The molecule has 0 aliphatic heterocycles. The van der Waals surface area contributed by atoms with E-state index in [0.29, 0.717) is 6.07 Å². The van der Waals surface area contributed by atoms with E-state index in [0.717, 1.165) is 12.1 Å². The first-order valence-corrected chi connectivity index (χ1v) is 5.41. The van der Waals surface area contributed by atoms with Gasteiger partial charge in [-0.25, -0.2) is 8.78 Å². The van der Waals surface area contributed by atoms with E-state index in [1.807, 2.05) is 9.24 Å². The quantitative estimate of drug-likeness (QED) is 0.594. The average molecular weight is 306 g/mol. The van der Waals surface area contributed by atoms with Crippen molar-refractivity contribution in [1.82, 2.24) is 0 Å². The molecule has 0 aliphatic rings. The zero-order chi connectivity index (χ0) is 14.7. The molecule has 0 amide bonds. The van der Waals surface area contributed by atoms with Gasteiger partial charge in [0.15, 0.2) is 13.3 Å². The van der Waals surface area contributed by atoms with Crippen molar-refractivity contribution >= 4 is 14.5 Å². The van der Waals surface area contributed by atoms with Gasteiger partial charge in [0.1, 0.15) is 11.5 Å². The Morgan fingerprint density at radius 2 is 1.21 bits per heavy atom. The lowest BCUT2D eigenvalue weighted by molar-refractivity contribution is -0.189. The second kappa shape index (κ2) is 5.86. The lowest BCUT2D eigenvalue weighted by atomic mass is 10.3. The molecule has 0 aliphatic carbocycles. The Hall–Kier alpha value is -1.17. The first-order chi connectivity index (χ1) is 8.67. The van der Waals surface area contributed by atoms with Crippen LogP contribution in [0, 0.1) is 0 Å². The summed E-state index contributed by atoms with van der Waals surface area (Å²) >= 11 is 0. The fourth-order valence-electron chi connectivity index (χ4n) is 1.11. The molecule has 1 atom stereocenters. The maximum absolute atomic E-state index is 12.7. The molecule has 0 heterocycles. The van der Waals surface area contributed by atoms with Gasteiger partial charge in [0, 0.05) is 6.07 Å². The molecule has 0 saturated heterocycles. The molecule has 1 aromatic rings. The van der Waals surface area contributed by atoms with E-state index in [4.69, 9.17) is 0 Å². The van der Waals surface area contributed by atoms with E-state index >= 15 is 0 Å². The van der Waals surface area contributed by atoms with Gasteiger partial charge >= 0.3 is 12.2 Å². The summed E-state index contributed by atoms with van der Waals surface area (Å²) < 4.78 is 82.4. The highest BCUT2D eigenvalue weighted by Gasteiger charge is 2.34. The summed E-state index contributed by atoms with van der Waals surface area (Å²) in [7, 11) is 2.03. The van der Waals surface area contributed by atoms with Gasteiger partial charge in [-0.05, 0) is 17.4 Å². The Balaban J connectivity index is 2.95. The largest absolute Gasteiger partial charge is 0.430 e. The number of ether oxygens (including phenoxy) is 2. The highest BCUT2D eigenvalue weighted by Crippen LogP contribution is 2.28. The van der Waals surface area contributed by atoms with E-state index in [-0.39, 0.29) is 5.30 Å². The van der Waals surface area contributed by atoms with Crippen LogP contribution in [-0.2, 0) is 0 Å². The van der Waals surface area contributed by atoms with Crippen molar-refractivity contribution in [2.75, 3.05) is 13.3 Å². The monoisotopic (exact) mass is 306 g/mol. The van der Waals surface area contributed by atoms with Gasteiger partial charge in [-0.1, -0.05) is 0 Å². The zero-order valence-corrected chi connectivity index (χ0v) is 10.5. The van der Waals surface area contributed by atoms with Gasteiger partial charge in [-0.3, -0.25) is 0 Å². The molecule has 0 N–H and O–H groups in total. The first-order valence-electron chi connectivity index (χ1n) is 4.83. The Bertz CT molecular complexity index is 404. The van der Waals surface area contributed by atoms with E-state index < -0.39 is 37.1 Å². The van der Waals surface area contributed by atoms with Crippen molar-refractivity contribution in [2.45, 2.75) is 12.2 Å². The highest BCUT2D eigenvalue weighted by atomic mass is 31.0. The van der Waals surface area contributed by atoms with Gasteiger partial charge in [0.25, 0.3) is 0 Å². The van der Waals surface area contributed by atoms with Crippen LogP contribution in [0.15, 0.2) is 18.2 Å². The normalized spacial score (nSPS) is 12.4. The summed E-state index contributed by atoms with van der Waals surface area (Å²) in [6.07, 6.45) is -8.17. The molecular formula is C10H9F6O2P. The Kier molecular flexibility index (Phi) is 4.90. The van der Waals surface area contributed by atoms with Crippen LogP contribution in [0.3, 0.4) is 0 Å². The number of hydrogen-bond donors (Lipinski definition) is 0. The van der Waals surface area contributed by atoms with Crippen molar-refractivity contribution in [2.24, 2.45) is 0 Å². The smallest absolute Gasteiger partial charge is 0.427 e. The molecule has 0 bridgehead atoms. The van der Waals surface area contributed by atoms with Gasteiger partial charge in [-0.15, -0.1) is 9.24 Å². The molecular weight excluding hydrogens is 297 g/mol. The lowest BCUT2D eigenvalue weighted by Gasteiger charge is -2.18. The third kappa shape index (κ3) is 5.14. The average Bonchev–Trinajstić information content (AvgIpc) is 2.27. The molecule has 0 saturated carbocycles. The molecule has 0 radical (unpaired) electrons. The van der Waals surface area contributed by atoms with Crippen molar-refractivity contribution in [3.63, 3.8) is 0 Å². The van der Waals surface area contributed by atoms with Crippen molar-refractivity contribution in [1.29, 1.82) is 0 Å². The van der Waals surface area contributed by atoms with Crippen LogP contribution in [-0.4, -0.2) is 25.6 Å². The number of hydrogen-bond acceptors (Lipinski definition) is 2. The summed E-state index contributed by atoms with van der Waals surface area (Å²) in [6, 6.07) is 2.75. The van der Waals surface area contributed by atoms with Crippen LogP contribution in [0.5, 0.6) is 11.5 Å². The lowest BCUT2D eigenvalue weighted by Crippen LogP contribution is -2.28. The maximum atomic E-state index is 12.7. The summed E-state index contributed by atoms with van der Waals surface area (Å²) in [4.78, 5) is 0. The van der Waals surface area contributed by atoms with E-state index in [9.17, 15) is 26.3 Å². The summed E-state index contributed by atoms with van der Waals surface area (Å²) in [6.45, 7) is -4.16. The molecule has 108 valence electrons. The van der Waals surface area contributed by atoms with Crippen LogP contribution < -0.4 is 14.8 Å². The Morgan fingerprint density at radius 3 is 1.53 bits per heavy atom. The minimum Gasteiger partial charge on any atom is -0.430 e. The van der Waals surface area contributed by atoms with Crippen LogP contribution in [0.4, 0.5) is 26.3 Å². The van der Waals surface area contributed by atoms with Crippen molar-refractivity contribution in [3.05, 3.63) is 18.2 Å². The van der Waals surface area contributed by atoms with Crippen LogP contribution in [0.1, 0.15) is 0 Å². The molecule has 0 fully saturated rings. The highest BCUT2D eigenvalue weighted by molar-refractivity contribution is 7.27. The second-order valence-corrected chi connectivity index (χ2v) is 4.15. The third-order valence-electron chi connectivity index (χ3n) is 1.75. The molecule has 1 aromatic carbocycles. The fraction of sp³-hybridized carbons (Fsp3) is 0.400. The SMILES string of the molecule is FCC(F)(F)Oc1cc(P)cc(OC(F)(F)CF)c1. The van der Waals surface area contributed by atoms with Crippen LogP contribution >= 0.6 is 9.24 Å². The molecule has 2 nitrogen and oxygen atoms in total. The van der Waals surface area contributed by atoms with Gasteiger partial charge in [0.2, 0.25) is 0 Å². The standard InChI is InChI=1S/C10H9F6O2P/c11-4-9(13,14)17-6-1-7(3-8(19)2-6)18-10(15,16)5-12/h1-3H,4-5,19H2. The van der Waals surface area contributed by atoms with E-state index in [1.165, 1.54) is 0 Å². The number of benzene rings is 1. The third-order valence-corrected chi connectivity index (χ3v) is 2.08. The zero-order valence-electron chi connectivity index (χ0n) is 9.31. The molecule has 1 unspecified atom stereocenters. The van der Waals surface area contributed by atoms with E-state index in [1.54, 1.807) is 0 Å². The number of alkyl halides is 6. The Labute approximate surface area is 106 Å². The minimum absolute atomic E-state index is 0.164. The Morgan fingerprint density at radius 1 is 0.842 bits per heavy atom. The molecule has 0 aromatic heterocycles. The fourth-order valence-corrected chi connectivity index (χ4v) is 1.44. The minimum atomic E-state index is -4.08. The van der Waals surface area contributed by atoms with Gasteiger partial charge < -0.3 is 9.47 Å².